The first-order chi connectivity index (χ1) is 15.3. The fraction of sp³-hybridized carbons (Fsp3) is 0.320. The van der Waals surface area contributed by atoms with Crippen molar-refractivity contribution >= 4 is 11.7 Å². The van der Waals surface area contributed by atoms with Crippen molar-refractivity contribution < 1.29 is 4.79 Å². The van der Waals surface area contributed by atoms with E-state index in [0.717, 1.165) is 49.2 Å². The molecule has 1 fully saturated rings. The molecule has 0 spiro atoms. The maximum Gasteiger partial charge on any atom is 0.257 e. The molecule has 0 aliphatic carbocycles. The number of benzene rings is 1. The second kappa shape index (κ2) is 10.2. The Morgan fingerprint density at radius 2 is 1.90 bits per heavy atom. The Morgan fingerprint density at radius 3 is 2.68 bits per heavy atom. The van der Waals surface area contributed by atoms with Crippen molar-refractivity contribution in [2.45, 2.75) is 31.7 Å². The summed E-state index contributed by atoms with van der Waals surface area (Å²) in [6.45, 7) is 1.88. The minimum Gasteiger partial charge on any atom is -0.369 e. The van der Waals surface area contributed by atoms with Crippen molar-refractivity contribution in [1.29, 1.82) is 0 Å². The maximum atomic E-state index is 13.4. The Balaban J connectivity index is 1.60. The van der Waals surface area contributed by atoms with E-state index in [1.54, 1.807) is 6.20 Å². The topological polar surface area (TPSA) is 84.1 Å². The summed E-state index contributed by atoms with van der Waals surface area (Å²) in [4.78, 5) is 24.6. The fourth-order valence-corrected chi connectivity index (χ4v) is 4.06. The third-order valence-electron chi connectivity index (χ3n) is 5.76. The monoisotopic (exact) mass is 415 g/mol. The summed E-state index contributed by atoms with van der Waals surface area (Å²) >= 11 is 0. The Bertz CT molecular complexity index is 993. The number of piperidine rings is 1. The van der Waals surface area contributed by atoms with Crippen LogP contribution in [0.4, 0.5) is 5.82 Å². The molecule has 0 saturated carbocycles. The van der Waals surface area contributed by atoms with E-state index in [1.165, 1.54) is 0 Å². The molecule has 4 rings (SSSR count). The highest BCUT2D eigenvalue weighted by atomic mass is 16.2. The maximum absolute atomic E-state index is 13.4. The predicted octanol–water partition coefficient (Wildman–Crippen LogP) is 3.75. The number of pyridine rings is 2. The summed E-state index contributed by atoms with van der Waals surface area (Å²) in [5.74, 6) is 0.617. The zero-order valence-corrected chi connectivity index (χ0v) is 17.7. The van der Waals surface area contributed by atoms with Gasteiger partial charge in [0.1, 0.15) is 5.82 Å². The summed E-state index contributed by atoms with van der Waals surface area (Å²) in [6, 6.07) is 19.8. The number of hydrogen-bond acceptors (Lipinski definition) is 5. The Kier molecular flexibility index (Phi) is 6.89. The van der Waals surface area contributed by atoms with Gasteiger partial charge in [-0.2, -0.15) is 0 Å². The number of carbonyl (C=O) groups excluding carboxylic acids is 1. The number of nitrogens with one attached hydrogen (secondary N) is 1. The molecule has 31 heavy (non-hydrogen) atoms. The van der Waals surface area contributed by atoms with E-state index in [1.807, 2.05) is 65.6 Å². The summed E-state index contributed by atoms with van der Waals surface area (Å²) in [6.07, 6.45) is 5.63. The number of anilines is 1. The van der Waals surface area contributed by atoms with Gasteiger partial charge in [0.15, 0.2) is 0 Å². The normalized spacial score (nSPS) is 16.2. The molecule has 1 unspecified atom stereocenters. The van der Waals surface area contributed by atoms with Gasteiger partial charge in [-0.1, -0.05) is 36.4 Å². The van der Waals surface area contributed by atoms with Crippen molar-refractivity contribution in [2.75, 3.05) is 25.0 Å². The molecule has 160 valence electrons. The van der Waals surface area contributed by atoms with Gasteiger partial charge in [-0.05, 0) is 43.5 Å². The average molecular weight is 416 g/mol. The summed E-state index contributed by atoms with van der Waals surface area (Å²) in [5.41, 5.74) is 9.42. The molecule has 1 atom stereocenters. The van der Waals surface area contributed by atoms with Crippen LogP contribution in [0.5, 0.6) is 0 Å². The SMILES string of the molecule is NCC1CCCCN1C(=O)c1ccc(-c2ccccc2)nc1NCCc1ccccn1. The van der Waals surface area contributed by atoms with Gasteiger partial charge in [0.05, 0.1) is 11.3 Å². The van der Waals surface area contributed by atoms with Crippen LogP contribution in [0, 0.1) is 0 Å². The molecule has 3 N–H and O–H groups in total. The van der Waals surface area contributed by atoms with Gasteiger partial charge in [0.2, 0.25) is 0 Å². The molecule has 3 heterocycles. The van der Waals surface area contributed by atoms with Crippen molar-refractivity contribution in [1.82, 2.24) is 14.9 Å². The molecule has 6 nitrogen and oxygen atoms in total. The fourth-order valence-electron chi connectivity index (χ4n) is 4.06. The van der Waals surface area contributed by atoms with E-state index >= 15 is 0 Å². The van der Waals surface area contributed by atoms with Crippen LogP contribution in [0.2, 0.25) is 0 Å². The predicted molar refractivity (Wildman–Crippen MR) is 124 cm³/mol. The zero-order valence-electron chi connectivity index (χ0n) is 17.7. The van der Waals surface area contributed by atoms with Gasteiger partial charge in [-0.3, -0.25) is 9.78 Å². The molecule has 6 heteroatoms. The van der Waals surface area contributed by atoms with E-state index in [0.29, 0.717) is 24.5 Å². The lowest BCUT2D eigenvalue weighted by Crippen LogP contribution is -2.47. The van der Waals surface area contributed by atoms with Crippen LogP contribution < -0.4 is 11.1 Å². The molecule has 2 aromatic heterocycles. The van der Waals surface area contributed by atoms with Gasteiger partial charge >= 0.3 is 0 Å². The standard InChI is InChI=1S/C25H29N5O/c26-18-21-11-5-7-17-30(21)25(31)22-12-13-23(19-8-2-1-3-9-19)29-24(22)28-16-14-20-10-4-6-15-27-20/h1-4,6,8-10,12-13,15,21H,5,7,11,14,16-18,26H2,(H,28,29). The Labute approximate surface area is 183 Å². The number of nitrogens with two attached hydrogens (primary N) is 1. The molecule has 0 bridgehead atoms. The Morgan fingerprint density at radius 1 is 1.06 bits per heavy atom. The number of carbonyl (C=O) groups is 1. The van der Waals surface area contributed by atoms with Crippen LogP contribution in [0.25, 0.3) is 11.3 Å². The second-order valence-electron chi connectivity index (χ2n) is 7.84. The van der Waals surface area contributed by atoms with Crippen LogP contribution in [0.15, 0.2) is 66.9 Å². The number of rotatable bonds is 7. The van der Waals surface area contributed by atoms with Crippen molar-refractivity contribution in [3.63, 3.8) is 0 Å². The van der Waals surface area contributed by atoms with E-state index in [4.69, 9.17) is 10.7 Å². The first-order valence-electron chi connectivity index (χ1n) is 11.0. The highest BCUT2D eigenvalue weighted by Crippen LogP contribution is 2.25. The van der Waals surface area contributed by atoms with Crippen molar-refractivity contribution in [3.8, 4) is 11.3 Å². The van der Waals surface area contributed by atoms with E-state index in [-0.39, 0.29) is 11.9 Å². The lowest BCUT2D eigenvalue weighted by Gasteiger charge is -2.35. The minimum atomic E-state index is 0.00241. The average Bonchev–Trinajstić information content (AvgIpc) is 2.85. The highest BCUT2D eigenvalue weighted by molar-refractivity contribution is 5.99. The molecule has 1 aliphatic rings. The van der Waals surface area contributed by atoms with Gasteiger partial charge in [-0.25, -0.2) is 4.98 Å². The number of hydrogen-bond donors (Lipinski definition) is 2. The van der Waals surface area contributed by atoms with E-state index in [9.17, 15) is 4.79 Å². The van der Waals surface area contributed by atoms with Gasteiger partial charge in [0.25, 0.3) is 5.91 Å². The number of amides is 1. The first-order valence-corrected chi connectivity index (χ1v) is 11.0. The van der Waals surface area contributed by atoms with Crippen LogP contribution in [0.3, 0.4) is 0 Å². The summed E-state index contributed by atoms with van der Waals surface area (Å²) < 4.78 is 0. The largest absolute Gasteiger partial charge is 0.369 e. The van der Waals surface area contributed by atoms with E-state index < -0.39 is 0 Å². The third-order valence-corrected chi connectivity index (χ3v) is 5.76. The zero-order chi connectivity index (χ0) is 21.5. The second-order valence-corrected chi connectivity index (χ2v) is 7.84. The van der Waals surface area contributed by atoms with Crippen LogP contribution in [-0.2, 0) is 6.42 Å². The van der Waals surface area contributed by atoms with Gasteiger partial charge < -0.3 is 16.0 Å². The number of likely N-dealkylation sites (tertiary alicyclic amines) is 1. The molecule has 1 saturated heterocycles. The summed E-state index contributed by atoms with van der Waals surface area (Å²) in [7, 11) is 0. The minimum absolute atomic E-state index is 0.00241. The van der Waals surface area contributed by atoms with E-state index in [2.05, 4.69) is 10.3 Å². The lowest BCUT2D eigenvalue weighted by molar-refractivity contribution is 0.0624. The van der Waals surface area contributed by atoms with Crippen LogP contribution in [-0.4, -0.2) is 46.5 Å². The van der Waals surface area contributed by atoms with Gasteiger partial charge in [-0.15, -0.1) is 0 Å². The molecule has 1 amide bonds. The quantitative estimate of drug-likeness (QED) is 0.614. The highest BCUT2D eigenvalue weighted by Gasteiger charge is 2.28. The summed E-state index contributed by atoms with van der Waals surface area (Å²) in [5, 5.41) is 3.39. The molecule has 3 aromatic rings. The molecule has 0 radical (unpaired) electrons. The third kappa shape index (κ3) is 5.09. The molecule has 1 aliphatic heterocycles. The van der Waals surface area contributed by atoms with Crippen molar-refractivity contribution in [2.24, 2.45) is 5.73 Å². The van der Waals surface area contributed by atoms with Crippen LogP contribution in [0.1, 0.15) is 35.3 Å². The number of nitrogens with zero attached hydrogens (tertiary/aromatic N) is 3. The first kappa shape index (κ1) is 21.0. The van der Waals surface area contributed by atoms with Crippen LogP contribution >= 0.6 is 0 Å². The molecule has 1 aromatic carbocycles. The Hall–Kier alpha value is -3.25. The lowest BCUT2D eigenvalue weighted by atomic mass is 10.0. The molecular formula is C25H29N5O. The van der Waals surface area contributed by atoms with Gasteiger partial charge in [0, 0.05) is 49.6 Å². The smallest absolute Gasteiger partial charge is 0.257 e. The number of aromatic nitrogens is 2. The molecular weight excluding hydrogens is 386 g/mol. The van der Waals surface area contributed by atoms with Crippen molar-refractivity contribution in [3.05, 3.63) is 78.1 Å².